The van der Waals surface area contributed by atoms with E-state index in [-0.39, 0.29) is 18.2 Å². The first-order valence-corrected chi connectivity index (χ1v) is 13.7. The van der Waals surface area contributed by atoms with Crippen LogP contribution in [-0.4, -0.2) is 54.3 Å². The third-order valence-corrected chi connectivity index (χ3v) is 7.46. The Balaban J connectivity index is 1.46. The third kappa shape index (κ3) is 6.59. The number of ether oxygens (including phenoxy) is 1. The van der Waals surface area contributed by atoms with E-state index in [1.165, 1.54) is 29.2 Å². The van der Waals surface area contributed by atoms with Crippen LogP contribution in [0.15, 0.2) is 72.8 Å². The lowest BCUT2D eigenvalue weighted by atomic mass is 10.1. The zero-order chi connectivity index (χ0) is 29.9. The molecule has 0 saturated carbocycles. The maximum atomic E-state index is 13.8. The number of fused-ring (bicyclic) bond motifs is 1. The first kappa shape index (κ1) is 29.6. The fraction of sp³-hybridized carbons (Fsp3) is 0.300. The van der Waals surface area contributed by atoms with Crippen molar-refractivity contribution in [2.45, 2.75) is 38.2 Å². The van der Waals surface area contributed by atoms with Gasteiger partial charge in [0.2, 0.25) is 6.54 Å². The summed E-state index contributed by atoms with van der Waals surface area (Å²) in [5, 5.41) is 3.58. The molecule has 42 heavy (non-hydrogen) atoms. The minimum atomic E-state index is -5.39. The van der Waals surface area contributed by atoms with Crippen LogP contribution in [0, 0.1) is 0 Å². The van der Waals surface area contributed by atoms with Crippen LogP contribution >= 0.6 is 11.6 Å². The lowest BCUT2D eigenvalue weighted by Gasteiger charge is -2.30. The van der Waals surface area contributed by atoms with Crippen molar-refractivity contribution in [2.75, 3.05) is 24.5 Å². The van der Waals surface area contributed by atoms with Crippen LogP contribution in [0.25, 0.3) is 0 Å². The number of quaternary nitrogens is 1. The second kappa shape index (κ2) is 12.1. The van der Waals surface area contributed by atoms with Crippen molar-refractivity contribution in [1.82, 2.24) is 5.32 Å². The van der Waals surface area contributed by atoms with Crippen molar-refractivity contribution in [1.29, 1.82) is 0 Å². The standard InChI is InChI=1S/C30H28ClF3N3O5/c31-23-9-7-21(8-10-23)28(39)37(42-29(40)30(32,33)34)18-22-3-1-2-4-26(22)36(27(38)19-37)17-20-5-11-24(12-6-20)41-25-13-15-35-16-14-25/h1-12,25,35H,13-19H2/q+1. The minimum Gasteiger partial charge on any atom is -0.490 e. The van der Waals surface area contributed by atoms with E-state index < -0.39 is 41.7 Å². The summed E-state index contributed by atoms with van der Waals surface area (Å²) in [6.45, 7) is 0.488. The van der Waals surface area contributed by atoms with Crippen LogP contribution in [0.1, 0.15) is 34.3 Å². The SMILES string of the molecule is O=C1C[N+](OC(=O)C(F)(F)F)(C(=O)c2ccc(Cl)cc2)Cc2ccccc2N1Cc1ccc(OC2CCNCC2)cc1. The maximum absolute atomic E-state index is 13.8. The van der Waals surface area contributed by atoms with Gasteiger partial charge in [-0.05, 0) is 74.0 Å². The molecule has 5 rings (SSSR count). The summed E-state index contributed by atoms with van der Waals surface area (Å²) in [5.41, 5.74) is 1.40. The number of nitrogens with zero attached hydrogens (tertiary/aromatic N) is 2. The van der Waals surface area contributed by atoms with E-state index >= 15 is 0 Å². The van der Waals surface area contributed by atoms with Crippen LogP contribution in [0.3, 0.4) is 0 Å². The van der Waals surface area contributed by atoms with Gasteiger partial charge in [-0.3, -0.25) is 9.63 Å². The number of anilines is 1. The number of alkyl halides is 3. The molecular weight excluding hydrogens is 575 g/mol. The molecule has 1 unspecified atom stereocenters. The van der Waals surface area contributed by atoms with Crippen molar-refractivity contribution < 1.29 is 41.8 Å². The van der Waals surface area contributed by atoms with Gasteiger partial charge in [0.1, 0.15) is 11.9 Å². The smallest absolute Gasteiger partial charge is 0.490 e. The molecule has 2 heterocycles. The van der Waals surface area contributed by atoms with E-state index in [9.17, 15) is 27.6 Å². The zero-order valence-corrected chi connectivity index (χ0v) is 23.2. The Morgan fingerprint density at radius 2 is 1.62 bits per heavy atom. The largest absolute Gasteiger partial charge is 0.497 e. The molecule has 1 N–H and O–H groups in total. The highest BCUT2D eigenvalue weighted by Crippen LogP contribution is 2.34. The van der Waals surface area contributed by atoms with E-state index in [2.05, 4.69) is 5.32 Å². The highest BCUT2D eigenvalue weighted by Gasteiger charge is 2.54. The summed E-state index contributed by atoms with van der Waals surface area (Å²) < 4.78 is 44.8. The van der Waals surface area contributed by atoms with Crippen molar-refractivity contribution in [2.24, 2.45) is 0 Å². The Kier molecular flexibility index (Phi) is 8.53. The van der Waals surface area contributed by atoms with E-state index in [4.69, 9.17) is 21.2 Å². The summed E-state index contributed by atoms with van der Waals surface area (Å²) >= 11 is 5.93. The zero-order valence-electron chi connectivity index (χ0n) is 22.4. The van der Waals surface area contributed by atoms with Crippen LogP contribution < -0.4 is 15.0 Å². The highest BCUT2D eigenvalue weighted by molar-refractivity contribution is 6.30. The van der Waals surface area contributed by atoms with Crippen molar-refractivity contribution in [3.8, 4) is 5.75 Å². The number of carbonyl (C=O) groups excluding carboxylic acids is 3. The Hall–Kier alpha value is -3.93. The van der Waals surface area contributed by atoms with Crippen molar-refractivity contribution in [3.63, 3.8) is 0 Å². The number of hydrogen-bond donors (Lipinski definition) is 1. The first-order chi connectivity index (χ1) is 20.0. The fourth-order valence-corrected chi connectivity index (χ4v) is 5.23. The van der Waals surface area contributed by atoms with Gasteiger partial charge in [-0.2, -0.15) is 13.2 Å². The molecule has 1 atom stereocenters. The number of carbonyl (C=O) groups is 3. The first-order valence-electron chi connectivity index (χ1n) is 13.4. The van der Waals surface area contributed by atoms with E-state index in [0.29, 0.717) is 22.0 Å². The van der Waals surface area contributed by atoms with Gasteiger partial charge in [0.05, 0.1) is 17.8 Å². The maximum Gasteiger partial charge on any atom is 0.497 e. The molecule has 0 spiro atoms. The molecule has 1 saturated heterocycles. The molecule has 2 aliphatic heterocycles. The number of nitrogens with one attached hydrogen (secondary N) is 1. The van der Waals surface area contributed by atoms with Gasteiger partial charge in [-0.1, -0.05) is 46.6 Å². The van der Waals surface area contributed by atoms with E-state index in [1.807, 2.05) is 12.1 Å². The normalized spacial score (nSPS) is 19.5. The summed E-state index contributed by atoms with van der Waals surface area (Å²) in [4.78, 5) is 46.0. The second-order valence-electron chi connectivity index (χ2n) is 10.2. The average Bonchev–Trinajstić information content (AvgIpc) is 3.08. The Morgan fingerprint density at radius 3 is 2.29 bits per heavy atom. The monoisotopic (exact) mass is 602 g/mol. The summed E-state index contributed by atoms with van der Waals surface area (Å²) in [6, 6.07) is 19.1. The Bertz CT molecular complexity index is 1460. The molecule has 0 aliphatic carbocycles. The van der Waals surface area contributed by atoms with Crippen LogP contribution in [0.5, 0.6) is 5.75 Å². The van der Waals surface area contributed by atoms with Gasteiger partial charge < -0.3 is 15.0 Å². The molecule has 0 radical (unpaired) electrons. The molecule has 3 aromatic carbocycles. The number of para-hydroxylation sites is 1. The van der Waals surface area contributed by atoms with Gasteiger partial charge in [0.25, 0.3) is 5.91 Å². The average molecular weight is 603 g/mol. The predicted molar refractivity (Wildman–Crippen MR) is 147 cm³/mol. The van der Waals surface area contributed by atoms with Gasteiger partial charge >= 0.3 is 18.1 Å². The molecule has 2 aliphatic rings. The number of halogens is 4. The predicted octanol–water partition coefficient (Wildman–Crippen LogP) is 5.20. The molecule has 0 bridgehead atoms. The Labute approximate surface area is 245 Å². The third-order valence-electron chi connectivity index (χ3n) is 7.20. The van der Waals surface area contributed by atoms with E-state index in [1.54, 1.807) is 36.4 Å². The minimum absolute atomic E-state index is 0.0613. The van der Waals surface area contributed by atoms with Gasteiger partial charge in [0, 0.05) is 10.6 Å². The molecule has 1 fully saturated rings. The molecule has 3 aromatic rings. The van der Waals surface area contributed by atoms with E-state index in [0.717, 1.165) is 31.5 Å². The summed E-state index contributed by atoms with van der Waals surface area (Å²) in [5.74, 6) is -3.58. The molecule has 0 aromatic heterocycles. The van der Waals surface area contributed by atoms with Crippen LogP contribution in [-0.2, 0) is 27.5 Å². The van der Waals surface area contributed by atoms with Crippen LogP contribution in [0.4, 0.5) is 18.9 Å². The molecule has 2 amide bonds. The quantitative estimate of drug-likeness (QED) is 0.405. The molecule has 220 valence electrons. The van der Waals surface area contributed by atoms with Crippen LogP contribution in [0.2, 0.25) is 5.02 Å². The fourth-order valence-electron chi connectivity index (χ4n) is 5.10. The number of benzene rings is 3. The number of hydroxylamine groups is 3. The number of hydrogen-bond acceptors (Lipinski definition) is 6. The van der Waals surface area contributed by atoms with Crippen molar-refractivity contribution in [3.05, 3.63) is 94.5 Å². The van der Waals surface area contributed by atoms with Crippen molar-refractivity contribution >= 4 is 35.1 Å². The van der Waals surface area contributed by atoms with Gasteiger partial charge in [-0.15, -0.1) is 0 Å². The second-order valence-corrected chi connectivity index (χ2v) is 10.7. The summed E-state index contributed by atoms with van der Waals surface area (Å²) in [6.07, 6.45) is -3.49. The molecule has 8 nitrogen and oxygen atoms in total. The summed E-state index contributed by atoms with van der Waals surface area (Å²) in [7, 11) is 0. The molecular formula is C30H28ClF3N3O5+. The Morgan fingerprint density at radius 1 is 0.952 bits per heavy atom. The van der Waals surface area contributed by atoms with Gasteiger partial charge in [0.15, 0.2) is 6.54 Å². The topological polar surface area (TPSA) is 84.9 Å². The lowest BCUT2D eigenvalue weighted by molar-refractivity contribution is -1.03. The molecule has 12 heteroatoms. The number of amides is 2. The number of piperidine rings is 1. The number of rotatable bonds is 5. The lowest BCUT2D eigenvalue weighted by Crippen LogP contribution is -2.57. The van der Waals surface area contributed by atoms with Gasteiger partial charge in [-0.25, -0.2) is 9.59 Å². The highest BCUT2D eigenvalue weighted by atomic mass is 35.5.